The number of carbonyl (C=O) groups excluding carboxylic acids is 1. The van der Waals surface area contributed by atoms with E-state index in [2.05, 4.69) is 17.2 Å². The fraction of sp³-hybridized carbons (Fsp3) is 0.579. The summed E-state index contributed by atoms with van der Waals surface area (Å²) in [5.74, 6) is -0.169. The number of pyridine rings is 1. The van der Waals surface area contributed by atoms with Crippen molar-refractivity contribution in [2.75, 3.05) is 6.61 Å². The zero-order valence-corrected chi connectivity index (χ0v) is 15.0. The molecular weight excluding hydrogens is 318 g/mol. The van der Waals surface area contributed by atoms with Gasteiger partial charge in [-0.05, 0) is 38.2 Å². The van der Waals surface area contributed by atoms with E-state index in [1.807, 2.05) is 17.7 Å². The predicted octanol–water partition coefficient (Wildman–Crippen LogP) is 2.72. The normalized spacial score (nSPS) is 20.7. The number of aromatic nitrogens is 2. The molecule has 6 nitrogen and oxygen atoms in total. The number of nitrogens with one attached hydrogen (secondary N) is 2. The zero-order chi connectivity index (χ0) is 17.8. The topological polar surface area (TPSA) is 76.1 Å². The molecule has 2 N–H and O–H groups in total. The van der Waals surface area contributed by atoms with E-state index in [9.17, 15) is 9.59 Å². The van der Waals surface area contributed by atoms with Crippen molar-refractivity contribution in [2.24, 2.45) is 7.05 Å². The number of ether oxygens (including phenoxy) is 1. The fourth-order valence-corrected chi connectivity index (χ4v) is 3.55. The molecule has 3 rings (SSSR count). The van der Waals surface area contributed by atoms with Crippen LogP contribution in [0.4, 0.5) is 0 Å². The summed E-state index contributed by atoms with van der Waals surface area (Å²) >= 11 is 0. The third-order valence-electron chi connectivity index (χ3n) is 5.02. The van der Waals surface area contributed by atoms with Crippen LogP contribution in [-0.4, -0.2) is 34.2 Å². The Hall–Kier alpha value is -2.08. The second-order valence-electron chi connectivity index (χ2n) is 6.89. The fourth-order valence-electron chi connectivity index (χ4n) is 3.55. The van der Waals surface area contributed by atoms with Gasteiger partial charge in [0, 0.05) is 32.1 Å². The highest BCUT2D eigenvalue weighted by Gasteiger charge is 2.24. The van der Waals surface area contributed by atoms with Crippen LogP contribution in [0.2, 0.25) is 0 Å². The Balaban J connectivity index is 1.62. The van der Waals surface area contributed by atoms with E-state index in [0.29, 0.717) is 17.1 Å². The van der Waals surface area contributed by atoms with Crippen LogP contribution < -0.4 is 10.9 Å². The molecule has 0 radical (unpaired) electrons. The van der Waals surface area contributed by atoms with E-state index in [0.717, 1.165) is 50.6 Å². The minimum atomic E-state index is -0.226. The summed E-state index contributed by atoms with van der Waals surface area (Å²) in [4.78, 5) is 27.4. The minimum absolute atomic E-state index is 0.150. The molecule has 1 fully saturated rings. The van der Waals surface area contributed by atoms with Gasteiger partial charge in [-0.15, -0.1) is 0 Å². The standard InChI is InChI=1S/C19H27N3O3/c1-3-4-11-25-14-7-5-13(6-8-14)21-18(23)15-12-22(2)16-9-10-20-19(24)17(15)16/h9-10,12-14H,3-8,11H2,1-2H3,(H,20,24)(H,21,23). The summed E-state index contributed by atoms with van der Waals surface area (Å²) in [5.41, 5.74) is 0.985. The molecule has 0 atom stereocenters. The van der Waals surface area contributed by atoms with Crippen LogP contribution in [0, 0.1) is 0 Å². The largest absolute Gasteiger partial charge is 0.378 e. The molecule has 1 aliphatic carbocycles. The number of rotatable bonds is 6. The van der Waals surface area contributed by atoms with Gasteiger partial charge in [0.1, 0.15) is 0 Å². The first-order valence-corrected chi connectivity index (χ1v) is 9.19. The van der Waals surface area contributed by atoms with Gasteiger partial charge < -0.3 is 19.6 Å². The van der Waals surface area contributed by atoms with Gasteiger partial charge in [-0.1, -0.05) is 13.3 Å². The van der Waals surface area contributed by atoms with Gasteiger partial charge >= 0.3 is 0 Å². The average molecular weight is 345 g/mol. The Kier molecular flexibility index (Phi) is 5.58. The van der Waals surface area contributed by atoms with Gasteiger partial charge in [0.05, 0.1) is 22.6 Å². The van der Waals surface area contributed by atoms with Gasteiger partial charge in [0.2, 0.25) is 0 Å². The number of fused-ring (bicyclic) bond motifs is 1. The molecule has 25 heavy (non-hydrogen) atoms. The molecule has 0 unspecified atom stereocenters. The van der Waals surface area contributed by atoms with E-state index in [1.165, 1.54) is 0 Å². The third kappa shape index (κ3) is 3.95. The zero-order valence-electron chi connectivity index (χ0n) is 15.0. The molecule has 0 saturated heterocycles. The third-order valence-corrected chi connectivity index (χ3v) is 5.02. The Morgan fingerprint density at radius 1 is 1.36 bits per heavy atom. The Labute approximate surface area is 147 Å². The molecule has 2 aromatic rings. The molecular formula is C19H27N3O3. The van der Waals surface area contributed by atoms with E-state index in [4.69, 9.17) is 4.74 Å². The van der Waals surface area contributed by atoms with Crippen molar-refractivity contribution in [1.29, 1.82) is 0 Å². The number of nitrogens with zero attached hydrogens (tertiary/aromatic N) is 1. The van der Waals surface area contributed by atoms with Gasteiger partial charge in [-0.3, -0.25) is 9.59 Å². The van der Waals surface area contributed by atoms with Crippen LogP contribution in [0.3, 0.4) is 0 Å². The predicted molar refractivity (Wildman–Crippen MR) is 97.9 cm³/mol. The summed E-state index contributed by atoms with van der Waals surface area (Å²) < 4.78 is 7.69. The van der Waals surface area contributed by atoms with Crippen molar-refractivity contribution in [3.8, 4) is 0 Å². The molecule has 0 spiro atoms. The van der Waals surface area contributed by atoms with Crippen molar-refractivity contribution in [3.05, 3.63) is 34.4 Å². The van der Waals surface area contributed by atoms with E-state index >= 15 is 0 Å². The number of hydrogen-bond donors (Lipinski definition) is 2. The van der Waals surface area contributed by atoms with Crippen LogP contribution in [0.15, 0.2) is 23.3 Å². The van der Waals surface area contributed by atoms with Crippen LogP contribution in [0.1, 0.15) is 55.8 Å². The van der Waals surface area contributed by atoms with Gasteiger partial charge in [0.15, 0.2) is 0 Å². The van der Waals surface area contributed by atoms with Crippen LogP contribution in [0.5, 0.6) is 0 Å². The molecule has 1 amide bonds. The first kappa shape index (κ1) is 17.7. The maximum atomic E-state index is 12.7. The second kappa shape index (κ2) is 7.87. The number of aryl methyl sites for hydroxylation is 1. The highest BCUT2D eigenvalue weighted by molar-refractivity contribution is 6.06. The summed E-state index contributed by atoms with van der Waals surface area (Å²) in [7, 11) is 1.84. The molecule has 136 valence electrons. The van der Waals surface area contributed by atoms with Gasteiger partial charge in [0.25, 0.3) is 11.5 Å². The molecule has 1 aliphatic rings. The Morgan fingerprint density at radius 2 is 2.12 bits per heavy atom. The summed E-state index contributed by atoms with van der Waals surface area (Å²) in [5, 5.41) is 3.55. The lowest BCUT2D eigenvalue weighted by Gasteiger charge is -2.29. The summed E-state index contributed by atoms with van der Waals surface area (Å²) in [6, 6.07) is 1.96. The number of aromatic amines is 1. The minimum Gasteiger partial charge on any atom is -0.378 e. The van der Waals surface area contributed by atoms with Crippen LogP contribution >= 0.6 is 0 Å². The molecule has 1 saturated carbocycles. The highest BCUT2D eigenvalue weighted by Crippen LogP contribution is 2.23. The molecule has 0 bridgehead atoms. The monoisotopic (exact) mass is 345 g/mol. The number of H-pyrrole nitrogens is 1. The van der Waals surface area contributed by atoms with Crippen LogP contribution in [-0.2, 0) is 11.8 Å². The maximum Gasteiger partial charge on any atom is 0.258 e. The molecule has 6 heteroatoms. The SMILES string of the molecule is CCCCOC1CCC(NC(=O)c2cn(C)c3cc[nH]c(=O)c23)CC1. The number of unbranched alkanes of at least 4 members (excludes halogenated alkanes) is 1. The van der Waals surface area contributed by atoms with E-state index in [-0.39, 0.29) is 17.5 Å². The van der Waals surface area contributed by atoms with E-state index < -0.39 is 0 Å². The maximum absolute atomic E-state index is 12.7. The summed E-state index contributed by atoms with van der Waals surface area (Å²) in [6.45, 7) is 2.99. The number of carbonyl (C=O) groups is 1. The molecule has 2 heterocycles. The Bertz CT molecular complexity index is 785. The quantitative estimate of drug-likeness (QED) is 0.791. The highest BCUT2D eigenvalue weighted by atomic mass is 16.5. The Morgan fingerprint density at radius 3 is 2.84 bits per heavy atom. The lowest BCUT2D eigenvalue weighted by Crippen LogP contribution is -2.39. The van der Waals surface area contributed by atoms with Crippen LogP contribution in [0.25, 0.3) is 10.9 Å². The van der Waals surface area contributed by atoms with E-state index in [1.54, 1.807) is 12.4 Å². The molecule has 0 aliphatic heterocycles. The average Bonchev–Trinajstić information content (AvgIpc) is 2.95. The van der Waals surface area contributed by atoms with Crippen molar-refractivity contribution < 1.29 is 9.53 Å². The van der Waals surface area contributed by atoms with Crippen molar-refractivity contribution in [1.82, 2.24) is 14.9 Å². The second-order valence-corrected chi connectivity index (χ2v) is 6.89. The van der Waals surface area contributed by atoms with Crippen molar-refractivity contribution in [2.45, 2.75) is 57.6 Å². The molecule has 0 aromatic carbocycles. The molecule has 2 aromatic heterocycles. The van der Waals surface area contributed by atoms with Crippen molar-refractivity contribution in [3.63, 3.8) is 0 Å². The smallest absolute Gasteiger partial charge is 0.258 e. The summed E-state index contributed by atoms with van der Waals surface area (Å²) in [6.07, 6.45) is 9.70. The number of hydrogen-bond acceptors (Lipinski definition) is 3. The first-order valence-electron chi connectivity index (χ1n) is 9.19. The lowest BCUT2D eigenvalue weighted by atomic mass is 9.92. The van der Waals surface area contributed by atoms with Gasteiger partial charge in [-0.25, -0.2) is 0 Å². The number of amides is 1. The first-order chi connectivity index (χ1) is 12.1. The van der Waals surface area contributed by atoms with Crippen molar-refractivity contribution >= 4 is 16.8 Å². The lowest BCUT2D eigenvalue weighted by molar-refractivity contribution is 0.0209. The van der Waals surface area contributed by atoms with Gasteiger partial charge in [-0.2, -0.15) is 0 Å².